The highest BCUT2D eigenvalue weighted by molar-refractivity contribution is 6.35. The van der Waals surface area contributed by atoms with Gasteiger partial charge in [-0.1, -0.05) is 35.9 Å². The van der Waals surface area contributed by atoms with Gasteiger partial charge in [-0.15, -0.1) is 0 Å². The van der Waals surface area contributed by atoms with E-state index in [-0.39, 0.29) is 11.9 Å². The van der Waals surface area contributed by atoms with Crippen molar-refractivity contribution in [2.45, 2.75) is 13.0 Å². The molecule has 148 valence electrons. The average Bonchev–Trinajstić information content (AvgIpc) is 3.24. The third-order valence-corrected chi connectivity index (χ3v) is 5.30. The molecule has 0 fully saturated rings. The van der Waals surface area contributed by atoms with E-state index in [0.29, 0.717) is 38.8 Å². The number of pyridine rings is 1. The standard InChI is InChI=1S/C22H16ClFN6/c1-12(29-22-20-21(26-10-25-20)27-11-28-22)15-9-13-5-4-7-16(23)18(13)30-19(15)14-6-2-3-8-17(14)24/h2-12H,1H3,(H2,25,26,27,28,29)/t12-/m0/s1. The molecule has 5 aromatic rings. The fourth-order valence-electron chi connectivity index (χ4n) is 3.54. The van der Waals surface area contributed by atoms with Crippen LogP contribution in [-0.2, 0) is 0 Å². The molecule has 0 spiro atoms. The first-order valence-electron chi connectivity index (χ1n) is 9.36. The van der Waals surface area contributed by atoms with Gasteiger partial charge >= 0.3 is 0 Å². The van der Waals surface area contributed by atoms with Crippen LogP contribution in [0.25, 0.3) is 33.3 Å². The quantitative estimate of drug-likeness (QED) is 0.401. The first-order valence-corrected chi connectivity index (χ1v) is 9.74. The average molecular weight is 419 g/mol. The lowest BCUT2D eigenvalue weighted by Crippen LogP contribution is -2.11. The van der Waals surface area contributed by atoms with Crippen LogP contribution in [0.4, 0.5) is 10.2 Å². The summed E-state index contributed by atoms with van der Waals surface area (Å²) in [5, 5.41) is 4.77. The van der Waals surface area contributed by atoms with Crippen LogP contribution in [-0.4, -0.2) is 24.9 Å². The summed E-state index contributed by atoms with van der Waals surface area (Å²) in [7, 11) is 0. The van der Waals surface area contributed by atoms with Crippen LogP contribution in [0.3, 0.4) is 0 Å². The summed E-state index contributed by atoms with van der Waals surface area (Å²) < 4.78 is 14.7. The number of nitrogens with zero attached hydrogens (tertiary/aromatic N) is 4. The topological polar surface area (TPSA) is 79.4 Å². The maximum Gasteiger partial charge on any atom is 0.182 e. The van der Waals surface area contributed by atoms with Crippen LogP contribution < -0.4 is 5.32 Å². The fraction of sp³-hybridized carbons (Fsp3) is 0.0909. The van der Waals surface area contributed by atoms with Crippen molar-refractivity contribution in [3.05, 3.63) is 77.6 Å². The Hall–Kier alpha value is -3.58. The van der Waals surface area contributed by atoms with Gasteiger partial charge in [0.25, 0.3) is 0 Å². The van der Waals surface area contributed by atoms with E-state index in [1.807, 2.05) is 25.1 Å². The fourth-order valence-corrected chi connectivity index (χ4v) is 3.76. The Kier molecular flexibility index (Phi) is 4.52. The lowest BCUT2D eigenvalue weighted by Gasteiger charge is -2.20. The maximum absolute atomic E-state index is 14.7. The molecule has 0 bridgehead atoms. The van der Waals surface area contributed by atoms with Gasteiger partial charge < -0.3 is 10.3 Å². The van der Waals surface area contributed by atoms with Crippen molar-refractivity contribution in [2.75, 3.05) is 5.32 Å². The van der Waals surface area contributed by atoms with Crippen molar-refractivity contribution < 1.29 is 4.39 Å². The van der Waals surface area contributed by atoms with E-state index in [1.165, 1.54) is 12.4 Å². The zero-order valence-corrected chi connectivity index (χ0v) is 16.7. The minimum Gasteiger partial charge on any atom is -0.362 e. The van der Waals surface area contributed by atoms with Crippen molar-refractivity contribution in [2.24, 2.45) is 0 Å². The van der Waals surface area contributed by atoms with E-state index in [2.05, 4.69) is 25.3 Å². The Balaban J connectivity index is 1.68. The minimum atomic E-state index is -0.345. The smallest absolute Gasteiger partial charge is 0.182 e. The summed E-state index contributed by atoms with van der Waals surface area (Å²) in [6, 6.07) is 13.9. The van der Waals surface area contributed by atoms with Gasteiger partial charge in [0.2, 0.25) is 0 Å². The number of rotatable bonds is 4. The number of para-hydroxylation sites is 1. The number of nitrogens with one attached hydrogen (secondary N) is 2. The van der Waals surface area contributed by atoms with E-state index in [1.54, 1.807) is 30.6 Å². The Morgan fingerprint density at radius 3 is 2.80 bits per heavy atom. The number of H-pyrrole nitrogens is 1. The summed E-state index contributed by atoms with van der Waals surface area (Å²) in [5.74, 6) is 0.263. The predicted octanol–water partition coefficient (Wildman–Crippen LogP) is 5.53. The molecule has 0 unspecified atom stereocenters. The molecule has 0 aliphatic carbocycles. The molecule has 0 aliphatic heterocycles. The molecule has 2 aromatic carbocycles. The monoisotopic (exact) mass is 418 g/mol. The molecule has 0 amide bonds. The number of hydrogen-bond donors (Lipinski definition) is 2. The Morgan fingerprint density at radius 2 is 1.93 bits per heavy atom. The second-order valence-electron chi connectivity index (χ2n) is 6.91. The number of fused-ring (bicyclic) bond motifs is 2. The van der Waals surface area contributed by atoms with Crippen molar-refractivity contribution in [3.8, 4) is 11.3 Å². The molecule has 0 radical (unpaired) electrons. The number of imidazole rings is 1. The first-order chi connectivity index (χ1) is 14.6. The molecule has 3 heterocycles. The summed E-state index contributed by atoms with van der Waals surface area (Å²) in [5.41, 5.74) is 3.67. The van der Waals surface area contributed by atoms with Crippen molar-refractivity contribution in [3.63, 3.8) is 0 Å². The number of hydrogen-bond acceptors (Lipinski definition) is 5. The van der Waals surface area contributed by atoms with Crippen molar-refractivity contribution >= 4 is 39.5 Å². The van der Waals surface area contributed by atoms with Crippen LogP contribution in [0, 0.1) is 5.82 Å². The van der Waals surface area contributed by atoms with Gasteiger partial charge in [-0.3, -0.25) is 0 Å². The van der Waals surface area contributed by atoms with E-state index in [4.69, 9.17) is 16.6 Å². The zero-order chi connectivity index (χ0) is 20.7. The molecule has 0 aliphatic rings. The molecule has 5 rings (SSSR count). The van der Waals surface area contributed by atoms with Crippen LogP contribution in [0.5, 0.6) is 0 Å². The molecule has 6 nitrogen and oxygen atoms in total. The third-order valence-electron chi connectivity index (χ3n) is 5.00. The third kappa shape index (κ3) is 3.13. The summed E-state index contributed by atoms with van der Waals surface area (Å²) in [6.45, 7) is 1.97. The van der Waals surface area contributed by atoms with Gasteiger partial charge in [0.05, 0.1) is 28.6 Å². The van der Waals surface area contributed by atoms with Gasteiger partial charge in [-0.2, -0.15) is 0 Å². The van der Waals surface area contributed by atoms with Gasteiger partial charge in [0.1, 0.15) is 17.7 Å². The van der Waals surface area contributed by atoms with E-state index < -0.39 is 0 Å². The van der Waals surface area contributed by atoms with E-state index in [9.17, 15) is 4.39 Å². The molecule has 1 atom stereocenters. The normalized spacial score (nSPS) is 12.4. The number of halogens is 2. The lowest BCUT2D eigenvalue weighted by atomic mass is 9.98. The molecule has 30 heavy (non-hydrogen) atoms. The van der Waals surface area contributed by atoms with E-state index in [0.717, 1.165) is 10.9 Å². The Labute approximate surface area is 176 Å². The molecular formula is C22H16ClFN6. The van der Waals surface area contributed by atoms with Crippen LogP contribution in [0.1, 0.15) is 18.5 Å². The highest BCUT2D eigenvalue weighted by Crippen LogP contribution is 2.35. The Morgan fingerprint density at radius 1 is 1.07 bits per heavy atom. The number of aromatic nitrogens is 5. The molecule has 8 heteroatoms. The molecule has 2 N–H and O–H groups in total. The lowest BCUT2D eigenvalue weighted by molar-refractivity contribution is 0.630. The second kappa shape index (κ2) is 7.35. The number of anilines is 1. The number of aromatic amines is 1. The van der Waals surface area contributed by atoms with Gasteiger partial charge in [-0.05, 0) is 31.2 Å². The number of benzene rings is 2. The van der Waals surface area contributed by atoms with E-state index >= 15 is 0 Å². The summed E-state index contributed by atoms with van der Waals surface area (Å²) in [6.07, 6.45) is 3.02. The zero-order valence-electron chi connectivity index (χ0n) is 15.9. The maximum atomic E-state index is 14.7. The highest BCUT2D eigenvalue weighted by atomic mass is 35.5. The Bertz CT molecular complexity index is 1380. The molecule has 0 saturated heterocycles. The second-order valence-corrected chi connectivity index (χ2v) is 7.31. The van der Waals surface area contributed by atoms with Crippen LogP contribution in [0.15, 0.2) is 61.2 Å². The van der Waals surface area contributed by atoms with Crippen LogP contribution in [0.2, 0.25) is 5.02 Å². The van der Waals surface area contributed by atoms with Gasteiger partial charge in [0.15, 0.2) is 11.5 Å². The minimum absolute atomic E-state index is 0.239. The predicted molar refractivity (Wildman–Crippen MR) is 116 cm³/mol. The molecule has 3 aromatic heterocycles. The summed E-state index contributed by atoms with van der Waals surface area (Å²) in [4.78, 5) is 20.4. The van der Waals surface area contributed by atoms with Crippen molar-refractivity contribution in [1.82, 2.24) is 24.9 Å². The summed E-state index contributed by atoms with van der Waals surface area (Å²) >= 11 is 6.37. The van der Waals surface area contributed by atoms with Crippen LogP contribution >= 0.6 is 11.6 Å². The molecular weight excluding hydrogens is 403 g/mol. The molecule has 0 saturated carbocycles. The SMILES string of the molecule is C[C@H](Nc1ncnc2nc[nH]c12)c1cc2cccc(Cl)c2nc1-c1ccccc1F. The van der Waals surface area contributed by atoms with Crippen molar-refractivity contribution in [1.29, 1.82) is 0 Å². The van der Waals surface area contributed by atoms with Gasteiger partial charge in [0, 0.05) is 16.5 Å². The highest BCUT2D eigenvalue weighted by Gasteiger charge is 2.19. The first kappa shape index (κ1) is 18.4. The largest absolute Gasteiger partial charge is 0.362 e. The van der Waals surface area contributed by atoms with Gasteiger partial charge in [-0.25, -0.2) is 24.3 Å².